The van der Waals surface area contributed by atoms with Crippen LogP contribution in [0, 0.1) is 12.3 Å². The number of rotatable bonds is 3. The lowest BCUT2D eigenvalue weighted by Gasteiger charge is -2.12. The van der Waals surface area contributed by atoms with Crippen LogP contribution in [0.3, 0.4) is 0 Å². The second kappa shape index (κ2) is 4.09. The van der Waals surface area contributed by atoms with E-state index in [0.717, 1.165) is 6.54 Å². The van der Waals surface area contributed by atoms with Gasteiger partial charge in [-0.25, -0.2) is 13.1 Å². The molecule has 4 nitrogen and oxygen atoms in total. The van der Waals surface area contributed by atoms with Crippen LogP contribution >= 0.6 is 0 Å². The molecule has 0 spiro atoms. The van der Waals surface area contributed by atoms with Gasteiger partial charge >= 0.3 is 0 Å². The van der Waals surface area contributed by atoms with Crippen LogP contribution in [0.25, 0.3) is 0 Å². The van der Waals surface area contributed by atoms with Gasteiger partial charge in [0.25, 0.3) is 0 Å². The van der Waals surface area contributed by atoms with Crippen molar-refractivity contribution in [2.24, 2.45) is 0 Å². The molecule has 1 aliphatic rings. The van der Waals surface area contributed by atoms with Gasteiger partial charge in [0.1, 0.15) is 0 Å². The van der Waals surface area contributed by atoms with Crippen molar-refractivity contribution in [3.05, 3.63) is 0 Å². The predicted octanol–water partition coefficient (Wildman–Crippen LogP) is -0.757. The summed E-state index contributed by atoms with van der Waals surface area (Å²) in [6, 6.07) is 0. The minimum atomic E-state index is -3.11. The summed E-state index contributed by atoms with van der Waals surface area (Å²) in [5.41, 5.74) is 0. The fraction of sp³-hybridized carbons (Fsp3) is 0.750. The quantitative estimate of drug-likeness (QED) is 0.612. The molecule has 0 aliphatic carbocycles. The summed E-state index contributed by atoms with van der Waals surface area (Å²) in [7, 11) is -1.67. The molecule has 1 atom stereocenters. The van der Waals surface area contributed by atoms with Crippen LogP contribution in [0.5, 0.6) is 0 Å². The average molecular weight is 202 g/mol. The summed E-state index contributed by atoms with van der Waals surface area (Å²) in [4.78, 5) is 1.97. The van der Waals surface area contributed by atoms with Gasteiger partial charge in [0.05, 0.1) is 11.8 Å². The zero-order chi connectivity index (χ0) is 9.90. The zero-order valence-electron chi connectivity index (χ0n) is 7.66. The Balaban J connectivity index is 2.56. The lowest BCUT2D eigenvalue weighted by atomic mass is 10.4. The van der Waals surface area contributed by atoms with Crippen LogP contribution in [-0.4, -0.2) is 45.2 Å². The maximum Gasteiger partial charge on any atom is 0.215 e. The maximum absolute atomic E-state index is 11.4. The maximum atomic E-state index is 11.4. The van der Waals surface area contributed by atoms with Crippen LogP contribution in [-0.2, 0) is 10.0 Å². The molecule has 0 bridgehead atoms. The van der Waals surface area contributed by atoms with Gasteiger partial charge in [-0.3, -0.25) is 4.90 Å². The predicted molar refractivity (Wildman–Crippen MR) is 51.7 cm³/mol. The molecule has 1 aliphatic heterocycles. The van der Waals surface area contributed by atoms with Gasteiger partial charge in [0.15, 0.2) is 0 Å². The number of sulfonamides is 1. The normalized spacial score (nSPS) is 24.5. The smallest absolute Gasteiger partial charge is 0.215 e. The van der Waals surface area contributed by atoms with E-state index in [1.54, 1.807) is 0 Å². The highest BCUT2D eigenvalue weighted by Crippen LogP contribution is 2.14. The van der Waals surface area contributed by atoms with E-state index in [2.05, 4.69) is 10.6 Å². The third kappa shape index (κ3) is 2.44. The second-order valence-corrected chi connectivity index (χ2v) is 5.26. The first-order chi connectivity index (χ1) is 6.10. The molecule has 5 heteroatoms. The molecule has 0 amide bonds. The van der Waals surface area contributed by atoms with E-state index in [1.807, 2.05) is 4.90 Å². The minimum absolute atomic E-state index is 0.300. The molecular weight excluding hydrogens is 188 g/mol. The lowest BCUT2D eigenvalue weighted by Crippen LogP contribution is -2.34. The molecule has 74 valence electrons. The summed E-state index contributed by atoms with van der Waals surface area (Å²) in [6.07, 6.45) is 5.81. The first kappa shape index (κ1) is 10.5. The Bertz CT molecular complexity index is 305. The molecule has 1 unspecified atom stereocenters. The van der Waals surface area contributed by atoms with E-state index in [-0.39, 0.29) is 5.25 Å². The van der Waals surface area contributed by atoms with Crippen molar-refractivity contribution in [1.29, 1.82) is 0 Å². The number of hydrogen-bond acceptors (Lipinski definition) is 3. The molecule has 0 aromatic rings. The van der Waals surface area contributed by atoms with E-state index in [4.69, 9.17) is 6.42 Å². The highest BCUT2D eigenvalue weighted by Gasteiger charge is 2.31. The summed E-state index contributed by atoms with van der Waals surface area (Å²) in [6.45, 7) is 1.86. The number of nitrogens with zero attached hydrogens (tertiary/aromatic N) is 1. The van der Waals surface area contributed by atoms with Crippen molar-refractivity contribution in [1.82, 2.24) is 9.62 Å². The molecule has 1 heterocycles. The van der Waals surface area contributed by atoms with Gasteiger partial charge in [-0.1, -0.05) is 5.92 Å². The molecule has 0 radical (unpaired) electrons. The van der Waals surface area contributed by atoms with E-state index < -0.39 is 10.0 Å². The fourth-order valence-electron chi connectivity index (χ4n) is 1.49. The highest BCUT2D eigenvalue weighted by molar-refractivity contribution is 7.90. The molecule has 1 rings (SSSR count). The van der Waals surface area contributed by atoms with Crippen LogP contribution in [0.2, 0.25) is 0 Å². The van der Waals surface area contributed by atoms with Crippen LogP contribution in [0.4, 0.5) is 0 Å². The van der Waals surface area contributed by atoms with Gasteiger partial charge in [0.2, 0.25) is 10.0 Å². The van der Waals surface area contributed by atoms with Crippen molar-refractivity contribution in [2.45, 2.75) is 11.7 Å². The Morgan fingerprint density at radius 3 is 2.92 bits per heavy atom. The average Bonchev–Trinajstić information content (AvgIpc) is 2.54. The fourth-order valence-corrected chi connectivity index (χ4v) is 2.65. The van der Waals surface area contributed by atoms with E-state index in [0.29, 0.717) is 19.5 Å². The van der Waals surface area contributed by atoms with E-state index >= 15 is 0 Å². The molecule has 1 N–H and O–H groups in total. The Hall–Kier alpha value is -0.570. The number of likely N-dealkylation sites (tertiary alicyclic amines) is 1. The Morgan fingerprint density at radius 2 is 2.38 bits per heavy atom. The highest BCUT2D eigenvalue weighted by atomic mass is 32.2. The molecule has 0 aromatic carbocycles. The Labute approximate surface area is 79.4 Å². The monoisotopic (exact) mass is 202 g/mol. The lowest BCUT2D eigenvalue weighted by molar-refractivity contribution is 0.383. The van der Waals surface area contributed by atoms with Crippen molar-refractivity contribution in [2.75, 3.05) is 26.7 Å². The largest absolute Gasteiger partial charge is 0.291 e. The molecular formula is C8H14N2O2S. The standard InChI is InChI=1S/C8H14N2O2S/c1-3-5-10-6-4-8(7-10)13(11,12)9-2/h1,8-9H,4-7H2,2H3. The SMILES string of the molecule is C#CCN1CCC(S(=O)(=O)NC)C1. The first-order valence-corrected chi connectivity index (χ1v) is 5.73. The van der Waals surface area contributed by atoms with E-state index in [9.17, 15) is 8.42 Å². The summed E-state index contributed by atoms with van der Waals surface area (Å²) < 4.78 is 25.1. The molecule has 1 fully saturated rings. The van der Waals surface area contributed by atoms with Crippen molar-refractivity contribution in [3.63, 3.8) is 0 Å². The van der Waals surface area contributed by atoms with Crippen molar-refractivity contribution in [3.8, 4) is 12.3 Å². The first-order valence-electron chi connectivity index (χ1n) is 4.18. The van der Waals surface area contributed by atoms with Crippen LogP contribution < -0.4 is 4.72 Å². The molecule has 0 saturated carbocycles. The van der Waals surface area contributed by atoms with Gasteiger partial charge in [0, 0.05) is 13.1 Å². The van der Waals surface area contributed by atoms with Gasteiger partial charge in [-0.2, -0.15) is 0 Å². The topological polar surface area (TPSA) is 49.4 Å². The van der Waals surface area contributed by atoms with Gasteiger partial charge < -0.3 is 0 Å². The van der Waals surface area contributed by atoms with Gasteiger partial charge in [-0.15, -0.1) is 6.42 Å². The second-order valence-electron chi connectivity index (χ2n) is 3.10. The summed E-state index contributed by atoms with van der Waals surface area (Å²) in [5.74, 6) is 2.51. The molecule has 0 aromatic heterocycles. The Kier molecular flexibility index (Phi) is 3.31. The number of hydrogen-bond donors (Lipinski definition) is 1. The summed E-state index contributed by atoms with van der Waals surface area (Å²) >= 11 is 0. The third-order valence-electron chi connectivity index (χ3n) is 2.27. The summed E-state index contributed by atoms with van der Waals surface area (Å²) in [5, 5.41) is -0.300. The third-order valence-corrected chi connectivity index (χ3v) is 4.10. The molecule has 1 saturated heterocycles. The van der Waals surface area contributed by atoms with E-state index in [1.165, 1.54) is 7.05 Å². The number of terminal acetylenes is 1. The van der Waals surface area contributed by atoms with Crippen molar-refractivity contribution >= 4 is 10.0 Å². The number of nitrogens with one attached hydrogen (secondary N) is 1. The van der Waals surface area contributed by atoms with Gasteiger partial charge in [-0.05, 0) is 13.5 Å². The van der Waals surface area contributed by atoms with Crippen LogP contribution in [0.1, 0.15) is 6.42 Å². The minimum Gasteiger partial charge on any atom is -0.291 e. The molecule has 13 heavy (non-hydrogen) atoms. The Morgan fingerprint density at radius 1 is 1.69 bits per heavy atom. The van der Waals surface area contributed by atoms with Crippen LogP contribution in [0.15, 0.2) is 0 Å². The zero-order valence-corrected chi connectivity index (χ0v) is 8.47. The van der Waals surface area contributed by atoms with Crippen molar-refractivity contribution < 1.29 is 8.42 Å².